The number of rotatable bonds is 7. The summed E-state index contributed by atoms with van der Waals surface area (Å²) in [5.41, 5.74) is -0.161. The van der Waals surface area contributed by atoms with E-state index in [0.29, 0.717) is 53.4 Å². The van der Waals surface area contributed by atoms with Gasteiger partial charge in [-0.15, -0.1) is 5.10 Å². The van der Waals surface area contributed by atoms with Gasteiger partial charge in [-0.2, -0.15) is 0 Å². The summed E-state index contributed by atoms with van der Waals surface area (Å²) in [6.45, 7) is 1.11. The van der Waals surface area contributed by atoms with Gasteiger partial charge in [0.2, 0.25) is 0 Å². The lowest BCUT2D eigenvalue weighted by atomic mass is 9.95. The number of halogens is 2. The van der Waals surface area contributed by atoms with E-state index in [0.717, 1.165) is 19.1 Å². The molecule has 0 bridgehead atoms. The molecule has 11 heteroatoms. The van der Waals surface area contributed by atoms with Gasteiger partial charge in [-0.25, -0.2) is 23.3 Å². The zero-order chi connectivity index (χ0) is 24.2. The van der Waals surface area contributed by atoms with Gasteiger partial charge in [0.05, 0.1) is 6.61 Å². The number of carbonyl (C=O) groups is 1. The molecular formula is C24H22F2N6O3. The Morgan fingerprint density at radius 3 is 2.77 bits per heavy atom. The molecule has 9 nitrogen and oxygen atoms in total. The summed E-state index contributed by atoms with van der Waals surface area (Å²) in [6.07, 6.45) is 4.70. The van der Waals surface area contributed by atoms with E-state index in [2.05, 4.69) is 25.4 Å². The van der Waals surface area contributed by atoms with Gasteiger partial charge < -0.3 is 20.0 Å². The van der Waals surface area contributed by atoms with Crippen molar-refractivity contribution in [2.75, 3.05) is 25.1 Å². The Hall–Kier alpha value is -3.57. The lowest BCUT2D eigenvalue weighted by Gasteiger charge is -2.20. The molecule has 1 saturated heterocycles. The van der Waals surface area contributed by atoms with Gasteiger partial charge in [-0.1, -0.05) is 6.07 Å². The molecule has 2 fully saturated rings. The normalized spacial score (nSPS) is 21.1. The van der Waals surface area contributed by atoms with Crippen LogP contribution in [0.5, 0.6) is 0 Å². The van der Waals surface area contributed by atoms with Crippen LogP contribution in [0.4, 0.5) is 14.6 Å². The molecule has 0 amide bonds. The largest absolute Gasteiger partial charge is 0.383 e. The van der Waals surface area contributed by atoms with E-state index < -0.39 is 12.0 Å². The number of nitrogens with one attached hydrogen (secondary N) is 1. The molecule has 4 aromatic heterocycles. The predicted octanol–water partition coefficient (Wildman–Crippen LogP) is 3.28. The van der Waals surface area contributed by atoms with Crippen molar-refractivity contribution in [3.05, 3.63) is 48.0 Å². The van der Waals surface area contributed by atoms with Crippen LogP contribution in [0.25, 0.3) is 27.8 Å². The number of alkyl halides is 2. The van der Waals surface area contributed by atoms with Gasteiger partial charge >= 0.3 is 0 Å². The number of aldehydes is 1. The quantitative estimate of drug-likeness (QED) is 0.388. The molecular weight excluding hydrogens is 458 g/mol. The van der Waals surface area contributed by atoms with E-state index >= 15 is 0 Å². The molecule has 2 N–H and O–H groups in total. The van der Waals surface area contributed by atoms with Gasteiger partial charge in [-0.05, 0) is 25.0 Å². The first kappa shape index (κ1) is 21.9. The monoisotopic (exact) mass is 480 g/mol. The summed E-state index contributed by atoms with van der Waals surface area (Å²) in [5.74, 6) is 0.770. The molecule has 0 spiro atoms. The van der Waals surface area contributed by atoms with Crippen molar-refractivity contribution in [3.8, 4) is 11.4 Å². The number of carbonyl (C=O) groups excluding carboxylic acids is 1. The van der Waals surface area contributed by atoms with Crippen molar-refractivity contribution < 1.29 is 23.4 Å². The second-order valence-electron chi connectivity index (χ2n) is 9.30. The first-order valence-electron chi connectivity index (χ1n) is 11.3. The third kappa shape index (κ3) is 3.80. The fraction of sp³-hybridized carbons (Fsp3) is 0.375. The molecule has 1 aliphatic carbocycles. The summed E-state index contributed by atoms with van der Waals surface area (Å²) < 4.78 is 34.2. The number of pyridine rings is 3. The van der Waals surface area contributed by atoms with Crippen LogP contribution in [-0.2, 0) is 15.1 Å². The second-order valence-corrected chi connectivity index (χ2v) is 9.30. The van der Waals surface area contributed by atoms with Gasteiger partial charge in [0.1, 0.15) is 23.4 Å². The van der Waals surface area contributed by atoms with E-state index in [-0.39, 0.29) is 23.1 Å². The first-order valence-corrected chi connectivity index (χ1v) is 11.3. The third-order valence-electron chi connectivity index (χ3n) is 6.88. The minimum atomic E-state index is -2.78. The Balaban J connectivity index is 1.42. The number of hydrogen-bond acceptors (Lipinski definition) is 8. The summed E-state index contributed by atoms with van der Waals surface area (Å²) in [6, 6.07) is 5.19. The molecule has 0 aromatic carbocycles. The number of anilines is 1. The van der Waals surface area contributed by atoms with Gasteiger partial charge in [-0.3, -0.25) is 4.98 Å². The van der Waals surface area contributed by atoms with E-state index in [1.165, 1.54) is 12.4 Å². The topological polar surface area (TPSA) is 115 Å². The highest BCUT2D eigenvalue weighted by Crippen LogP contribution is 2.43. The van der Waals surface area contributed by atoms with Crippen LogP contribution in [-0.4, -0.2) is 55.7 Å². The van der Waals surface area contributed by atoms with Crippen molar-refractivity contribution in [1.29, 1.82) is 0 Å². The van der Waals surface area contributed by atoms with Crippen LogP contribution in [0.3, 0.4) is 0 Å². The first-order chi connectivity index (χ1) is 16.9. The molecule has 6 rings (SSSR count). The molecule has 180 valence electrons. The third-order valence-corrected chi connectivity index (χ3v) is 6.88. The minimum absolute atomic E-state index is 0.205. The molecule has 5 heterocycles. The van der Waals surface area contributed by atoms with Crippen molar-refractivity contribution in [2.24, 2.45) is 5.41 Å². The van der Waals surface area contributed by atoms with Crippen molar-refractivity contribution in [2.45, 2.75) is 31.3 Å². The highest BCUT2D eigenvalue weighted by atomic mass is 19.3. The van der Waals surface area contributed by atoms with Crippen LogP contribution in [0.2, 0.25) is 0 Å². The number of fused-ring (bicyclic) bond motifs is 2. The second kappa shape index (κ2) is 7.99. The minimum Gasteiger partial charge on any atom is -0.383 e. The fourth-order valence-electron chi connectivity index (χ4n) is 4.42. The van der Waals surface area contributed by atoms with Gasteiger partial charge in [0.15, 0.2) is 11.5 Å². The fourth-order valence-corrected chi connectivity index (χ4v) is 4.42. The van der Waals surface area contributed by atoms with Crippen molar-refractivity contribution in [1.82, 2.24) is 24.6 Å². The molecule has 35 heavy (non-hydrogen) atoms. The smallest absolute Gasteiger partial charge is 0.281 e. The Bertz CT molecular complexity index is 1450. The summed E-state index contributed by atoms with van der Waals surface area (Å²) in [5, 5.41) is 19.2. The van der Waals surface area contributed by atoms with E-state index in [1.54, 1.807) is 28.9 Å². The standard InChI is InChI=1S/C24H22F2N6O3/c25-21(26)20-16-8-27-18(29-11-23(12-33)3-4-23)7-15(16)17(9-28-20)22-30-19-2-1-14(10-32(19)31-22)24(34)5-6-35-13-24/h1-2,7-10,12,21,34H,3-6,11,13H2,(H,27,29)/t24-/m0/s1. The van der Waals surface area contributed by atoms with Crippen LogP contribution < -0.4 is 5.32 Å². The Morgan fingerprint density at radius 1 is 1.20 bits per heavy atom. The van der Waals surface area contributed by atoms with E-state index in [4.69, 9.17) is 4.74 Å². The zero-order valence-corrected chi connectivity index (χ0v) is 18.6. The maximum absolute atomic E-state index is 13.7. The van der Waals surface area contributed by atoms with Crippen LogP contribution in [0.15, 0.2) is 36.8 Å². The number of aromatic nitrogens is 5. The average Bonchev–Trinajstić information content (AvgIpc) is 3.30. The van der Waals surface area contributed by atoms with Crippen LogP contribution in [0.1, 0.15) is 36.9 Å². The molecule has 1 atom stereocenters. The molecule has 1 saturated carbocycles. The summed E-state index contributed by atoms with van der Waals surface area (Å²) >= 11 is 0. The SMILES string of the molecule is O=CC1(CNc2cc3c(-c4nc5ccc([C@]6(O)CCOC6)cn5n4)cnc(C(F)F)c3cn2)CC1. The van der Waals surface area contributed by atoms with Gasteiger partial charge in [0.25, 0.3) is 6.43 Å². The highest BCUT2D eigenvalue weighted by Gasteiger charge is 2.42. The van der Waals surface area contributed by atoms with Crippen molar-refractivity contribution in [3.63, 3.8) is 0 Å². The Labute approximate surface area is 198 Å². The zero-order valence-electron chi connectivity index (χ0n) is 18.6. The lowest BCUT2D eigenvalue weighted by Crippen LogP contribution is -2.26. The van der Waals surface area contributed by atoms with Gasteiger partial charge in [0, 0.05) is 65.5 Å². The maximum Gasteiger partial charge on any atom is 0.281 e. The predicted molar refractivity (Wildman–Crippen MR) is 122 cm³/mol. The Kier molecular flexibility index (Phi) is 5.01. The summed E-state index contributed by atoms with van der Waals surface area (Å²) in [4.78, 5) is 24.1. The summed E-state index contributed by atoms with van der Waals surface area (Å²) in [7, 11) is 0. The van der Waals surface area contributed by atoms with Crippen LogP contribution >= 0.6 is 0 Å². The molecule has 1 aliphatic heterocycles. The number of hydrogen-bond donors (Lipinski definition) is 2. The number of ether oxygens (including phenoxy) is 1. The van der Waals surface area contributed by atoms with E-state index in [9.17, 15) is 18.7 Å². The number of nitrogens with zero attached hydrogens (tertiary/aromatic N) is 5. The Morgan fingerprint density at radius 2 is 2.06 bits per heavy atom. The molecule has 0 unspecified atom stereocenters. The maximum atomic E-state index is 13.7. The molecule has 2 aliphatic rings. The average molecular weight is 480 g/mol. The number of aliphatic hydroxyl groups is 1. The van der Waals surface area contributed by atoms with Crippen molar-refractivity contribution >= 4 is 28.5 Å². The van der Waals surface area contributed by atoms with Crippen LogP contribution in [0, 0.1) is 5.41 Å². The lowest BCUT2D eigenvalue weighted by molar-refractivity contribution is -0.111. The van der Waals surface area contributed by atoms with E-state index in [1.807, 2.05) is 0 Å². The highest BCUT2D eigenvalue weighted by molar-refractivity contribution is 5.97. The molecule has 0 radical (unpaired) electrons. The molecule has 4 aromatic rings.